The number of carbonyl (C=O) groups is 1. The lowest BCUT2D eigenvalue weighted by Crippen LogP contribution is -2.48. The third-order valence-electron chi connectivity index (χ3n) is 4.76. The molecule has 1 aromatic carbocycles. The van der Waals surface area contributed by atoms with Crippen LogP contribution in [-0.2, 0) is 9.53 Å². The number of para-hydroxylation sites is 1. The standard InChI is InChI=1S/C17H20FN5O2/c1-11-19-16(21-20-11)15-10-22(8-9-25-15)14-6-7-23(17(14)24)13-5-3-2-4-12(13)18/h2-5,14-15H,6-10H2,1H3,(H,19,20,21). The maximum absolute atomic E-state index is 14.0. The van der Waals surface area contributed by atoms with E-state index in [4.69, 9.17) is 4.74 Å². The Balaban J connectivity index is 1.49. The van der Waals surface area contributed by atoms with Crippen molar-refractivity contribution in [3.05, 3.63) is 41.7 Å². The fourth-order valence-corrected chi connectivity index (χ4v) is 3.53. The molecular formula is C17H20FN5O2. The number of morpholine rings is 1. The van der Waals surface area contributed by atoms with E-state index >= 15 is 0 Å². The van der Waals surface area contributed by atoms with Crippen LogP contribution in [0.5, 0.6) is 0 Å². The summed E-state index contributed by atoms with van der Waals surface area (Å²) in [6, 6.07) is 6.14. The van der Waals surface area contributed by atoms with Gasteiger partial charge in [-0.15, -0.1) is 0 Å². The Morgan fingerprint density at radius 2 is 2.16 bits per heavy atom. The largest absolute Gasteiger partial charge is 0.367 e. The molecule has 0 bridgehead atoms. The van der Waals surface area contributed by atoms with Crippen molar-refractivity contribution in [2.45, 2.75) is 25.5 Å². The highest BCUT2D eigenvalue weighted by Gasteiger charge is 2.40. The predicted molar refractivity (Wildman–Crippen MR) is 88.5 cm³/mol. The summed E-state index contributed by atoms with van der Waals surface area (Å²) in [4.78, 5) is 20.8. The SMILES string of the molecule is Cc1nc(C2CN(C3CCN(c4ccccc4F)C3=O)CCO2)n[nH]1. The highest BCUT2D eigenvalue weighted by atomic mass is 19.1. The van der Waals surface area contributed by atoms with Gasteiger partial charge in [-0.3, -0.25) is 14.8 Å². The third-order valence-corrected chi connectivity index (χ3v) is 4.76. The highest BCUT2D eigenvalue weighted by Crippen LogP contribution is 2.29. The Morgan fingerprint density at radius 1 is 1.32 bits per heavy atom. The number of halogens is 1. The summed E-state index contributed by atoms with van der Waals surface area (Å²) in [6.45, 7) is 4.10. The number of nitrogens with one attached hydrogen (secondary N) is 1. The van der Waals surface area contributed by atoms with Gasteiger partial charge >= 0.3 is 0 Å². The van der Waals surface area contributed by atoms with E-state index < -0.39 is 0 Å². The minimum absolute atomic E-state index is 0.0584. The Kier molecular flexibility index (Phi) is 4.22. The van der Waals surface area contributed by atoms with Gasteiger partial charge in [-0.05, 0) is 25.5 Å². The molecule has 1 amide bonds. The lowest BCUT2D eigenvalue weighted by molar-refractivity contribution is -0.125. The summed E-state index contributed by atoms with van der Waals surface area (Å²) in [7, 11) is 0. The lowest BCUT2D eigenvalue weighted by atomic mass is 10.1. The van der Waals surface area contributed by atoms with E-state index in [1.807, 2.05) is 6.92 Å². The van der Waals surface area contributed by atoms with Gasteiger partial charge in [-0.2, -0.15) is 5.10 Å². The number of H-pyrrole nitrogens is 1. The molecule has 1 aromatic heterocycles. The van der Waals surface area contributed by atoms with Crippen LogP contribution in [0.25, 0.3) is 0 Å². The molecule has 2 aliphatic heterocycles. The van der Waals surface area contributed by atoms with Gasteiger partial charge in [0.25, 0.3) is 0 Å². The Morgan fingerprint density at radius 3 is 2.92 bits per heavy atom. The minimum atomic E-state index is -0.368. The summed E-state index contributed by atoms with van der Waals surface area (Å²) >= 11 is 0. The number of hydrogen-bond acceptors (Lipinski definition) is 5. The topological polar surface area (TPSA) is 74.3 Å². The second-order valence-corrected chi connectivity index (χ2v) is 6.38. The number of aryl methyl sites for hydroxylation is 1. The van der Waals surface area contributed by atoms with E-state index in [1.54, 1.807) is 23.1 Å². The van der Waals surface area contributed by atoms with Crippen molar-refractivity contribution < 1.29 is 13.9 Å². The van der Waals surface area contributed by atoms with Gasteiger partial charge in [-0.1, -0.05) is 12.1 Å². The number of benzene rings is 1. The molecule has 0 radical (unpaired) electrons. The number of carbonyl (C=O) groups excluding carboxylic acids is 1. The van der Waals surface area contributed by atoms with Gasteiger partial charge in [0, 0.05) is 19.6 Å². The van der Waals surface area contributed by atoms with Gasteiger partial charge < -0.3 is 9.64 Å². The van der Waals surface area contributed by atoms with Crippen molar-refractivity contribution in [3.63, 3.8) is 0 Å². The van der Waals surface area contributed by atoms with Crippen LogP contribution in [0.4, 0.5) is 10.1 Å². The van der Waals surface area contributed by atoms with Crippen LogP contribution >= 0.6 is 0 Å². The first-order valence-electron chi connectivity index (χ1n) is 8.44. The molecule has 4 rings (SSSR count). The first-order chi connectivity index (χ1) is 12.1. The number of nitrogens with zero attached hydrogens (tertiary/aromatic N) is 4. The van der Waals surface area contributed by atoms with Crippen LogP contribution in [0.15, 0.2) is 24.3 Å². The Hall–Kier alpha value is -2.32. The van der Waals surface area contributed by atoms with Crippen molar-refractivity contribution in [1.29, 1.82) is 0 Å². The summed E-state index contributed by atoms with van der Waals surface area (Å²) < 4.78 is 19.8. The third kappa shape index (κ3) is 3.03. The Labute approximate surface area is 144 Å². The number of ether oxygens (including phenoxy) is 1. The quantitative estimate of drug-likeness (QED) is 0.911. The fourth-order valence-electron chi connectivity index (χ4n) is 3.53. The molecular weight excluding hydrogens is 325 g/mol. The van der Waals surface area contributed by atoms with Gasteiger partial charge in [0.05, 0.1) is 18.3 Å². The zero-order valence-electron chi connectivity index (χ0n) is 14.0. The molecule has 0 aliphatic carbocycles. The average Bonchev–Trinajstić information content (AvgIpc) is 3.22. The van der Waals surface area contributed by atoms with Crippen molar-refractivity contribution in [1.82, 2.24) is 20.1 Å². The van der Waals surface area contributed by atoms with Crippen LogP contribution in [-0.4, -0.2) is 58.3 Å². The molecule has 0 saturated carbocycles. The van der Waals surface area contributed by atoms with Gasteiger partial charge in [0.2, 0.25) is 5.91 Å². The van der Waals surface area contributed by atoms with Crippen molar-refractivity contribution in [3.8, 4) is 0 Å². The van der Waals surface area contributed by atoms with E-state index in [0.717, 1.165) is 5.82 Å². The number of rotatable bonds is 3. The number of anilines is 1. The second-order valence-electron chi connectivity index (χ2n) is 6.38. The molecule has 1 N–H and O–H groups in total. The van der Waals surface area contributed by atoms with Crippen LogP contribution < -0.4 is 4.90 Å². The lowest BCUT2D eigenvalue weighted by Gasteiger charge is -2.34. The van der Waals surface area contributed by atoms with Crippen LogP contribution in [0.1, 0.15) is 24.2 Å². The monoisotopic (exact) mass is 345 g/mol. The average molecular weight is 345 g/mol. The molecule has 2 unspecified atom stereocenters. The molecule has 2 saturated heterocycles. The minimum Gasteiger partial charge on any atom is -0.367 e. The molecule has 8 heteroatoms. The van der Waals surface area contributed by atoms with Gasteiger partial charge in [0.15, 0.2) is 5.82 Å². The Bertz CT molecular complexity index is 780. The van der Waals surface area contributed by atoms with E-state index in [2.05, 4.69) is 20.1 Å². The zero-order chi connectivity index (χ0) is 17.4. The zero-order valence-corrected chi connectivity index (χ0v) is 14.0. The summed E-state index contributed by atoms with van der Waals surface area (Å²) in [5, 5.41) is 6.98. The van der Waals surface area contributed by atoms with E-state index in [1.165, 1.54) is 6.07 Å². The molecule has 0 spiro atoms. The maximum atomic E-state index is 14.0. The van der Waals surface area contributed by atoms with E-state index in [9.17, 15) is 9.18 Å². The summed E-state index contributed by atoms with van der Waals surface area (Å²) in [6.07, 6.45) is 0.418. The summed E-state index contributed by atoms with van der Waals surface area (Å²) in [5.74, 6) is 0.918. The molecule has 2 aliphatic rings. The number of aromatic amines is 1. The molecule has 2 atom stereocenters. The smallest absolute Gasteiger partial charge is 0.244 e. The van der Waals surface area contributed by atoms with Crippen LogP contribution in [0.2, 0.25) is 0 Å². The maximum Gasteiger partial charge on any atom is 0.244 e. The van der Waals surface area contributed by atoms with Gasteiger partial charge in [-0.25, -0.2) is 9.37 Å². The molecule has 132 valence electrons. The highest BCUT2D eigenvalue weighted by molar-refractivity contribution is 5.99. The summed E-state index contributed by atoms with van der Waals surface area (Å²) in [5.41, 5.74) is 0.351. The van der Waals surface area contributed by atoms with Crippen molar-refractivity contribution in [2.75, 3.05) is 31.1 Å². The van der Waals surface area contributed by atoms with E-state index in [0.29, 0.717) is 44.2 Å². The van der Waals surface area contributed by atoms with Gasteiger partial charge in [0.1, 0.15) is 17.7 Å². The van der Waals surface area contributed by atoms with Crippen LogP contribution in [0.3, 0.4) is 0 Å². The number of amides is 1. The van der Waals surface area contributed by atoms with Crippen LogP contribution in [0, 0.1) is 12.7 Å². The number of hydrogen-bond donors (Lipinski definition) is 1. The normalized spacial score (nSPS) is 24.9. The number of aromatic nitrogens is 3. The predicted octanol–water partition coefficient (Wildman–Crippen LogP) is 1.43. The molecule has 25 heavy (non-hydrogen) atoms. The fraction of sp³-hybridized carbons (Fsp3) is 0.471. The van der Waals surface area contributed by atoms with Crippen molar-refractivity contribution >= 4 is 11.6 Å². The molecule has 2 fully saturated rings. The molecule has 7 nitrogen and oxygen atoms in total. The first kappa shape index (κ1) is 16.2. The van der Waals surface area contributed by atoms with Crippen molar-refractivity contribution in [2.24, 2.45) is 0 Å². The molecule has 3 heterocycles. The second kappa shape index (κ2) is 6.53. The molecule has 2 aromatic rings. The van der Waals surface area contributed by atoms with E-state index in [-0.39, 0.29) is 23.9 Å². The first-order valence-corrected chi connectivity index (χ1v) is 8.44.